The second-order valence-corrected chi connectivity index (χ2v) is 14.3. The molecule has 1 amide bonds. The lowest BCUT2D eigenvalue weighted by Gasteiger charge is -2.35. The Labute approximate surface area is 274 Å². The van der Waals surface area contributed by atoms with Crippen molar-refractivity contribution in [2.24, 2.45) is 5.92 Å². The van der Waals surface area contributed by atoms with Crippen molar-refractivity contribution in [2.75, 3.05) is 11.1 Å². The highest BCUT2D eigenvalue weighted by Crippen LogP contribution is 2.32. The molecule has 1 aliphatic heterocycles. The van der Waals surface area contributed by atoms with Crippen LogP contribution in [0.5, 0.6) is 0 Å². The van der Waals surface area contributed by atoms with E-state index in [0.717, 1.165) is 29.5 Å². The molecule has 0 radical (unpaired) electrons. The second-order valence-electron chi connectivity index (χ2n) is 11.6. The number of thioether (sulfide) groups is 1. The van der Waals surface area contributed by atoms with Gasteiger partial charge >= 0.3 is 0 Å². The van der Waals surface area contributed by atoms with Gasteiger partial charge in [-0.1, -0.05) is 18.2 Å². The van der Waals surface area contributed by atoms with Crippen molar-refractivity contribution >= 4 is 50.1 Å². The molecule has 0 bridgehead atoms. The van der Waals surface area contributed by atoms with Gasteiger partial charge in [0.15, 0.2) is 4.90 Å². The average molecular weight is 674 g/mol. The van der Waals surface area contributed by atoms with Crippen molar-refractivity contribution in [1.82, 2.24) is 19.6 Å². The van der Waals surface area contributed by atoms with Crippen LogP contribution in [-0.2, 0) is 27.9 Å². The summed E-state index contributed by atoms with van der Waals surface area (Å²) in [6.07, 6.45) is 2.67. The number of nitrogens with zero attached hydrogens (tertiary/aromatic N) is 4. The lowest BCUT2D eigenvalue weighted by Crippen LogP contribution is -2.47. The van der Waals surface area contributed by atoms with Crippen molar-refractivity contribution in [3.8, 4) is 6.07 Å². The summed E-state index contributed by atoms with van der Waals surface area (Å²) in [4.78, 5) is 41.0. The van der Waals surface area contributed by atoms with Crippen LogP contribution in [0.15, 0.2) is 81.3 Å². The number of carbonyl (C=O) groups is 1. The van der Waals surface area contributed by atoms with Crippen LogP contribution in [0.4, 0.5) is 11.5 Å². The van der Waals surface area contributed by atoms with E-state index in [-0.39, 0.29) is 30.0 Å². The van der Waals surface area contributed by atoms with Gasteiger partial charge in [0.1, 0.15) is 5.82 Å². The number of nitro benzene ring substituents is 1. The number of benzene rings is 2. The summed E-state index contributed by atoms with van der Waals surface area (Å²) < 4.78 is 31.6. The van der Waals surface area contributed by atoms with Gasteiger partial charge in [0.2, 0.25) is 15.9 Å². The smallest absolute Gasteiger partial charge is 0.289 e. The number of hydrogen-bond donors (Lipinski definition) is 3. The Kier molecular flexibility index (Phi) is 9.37. The number of hydrogen-bond acceptors (Lipinski definition) is 10. The lowest BCUT2D eigenvalue weighted by atomic mass is 9.81. The topological polar surface area (TPSA) is 189 Å². The Bertz CT molecular complexity index is 2070. The number of nitro groups is 1. The monoisotopic (exact) mass is 673 g/mol. The maximum atomic E-state index is 13.7. The molecule has 47 heavy (non-hydrogen) atoms. The van der Waals surface area contributed by atoms with Crippen molar-refractivity contribution in [2.45, 2.75) is 60.6 Å². The zero-order valence-corrected chi connectivity index (χ0v) is 26.7. The fourth-order valence-corrected chi connectivity index (χ4v) is 8.43. The van der Waals surface area contributed by atoms with Crippen LogP contribution < -0.4 is 20.9 Å². The molecule has 3 N–H and O–H groups in total. The number of sulfonamides is 1. The summed E-state index contributed by atoms with van der Waals surface area (Å²) in [7, 11) is -4.37. The Morgan fingerprint density at radius 2 is 1.85 bits per heavy atom. The fourth-order valence-electron chi connectivity index (χ4n) is 6.20. The first-order valence-corrected chi connectivity index (χ1v) is 17.5. The van der Waals surface area contributed by atoms with Gasteiger partial charge in [-0.3, -0.25) is 19.7 Å². The first-order chi connectivity index (χ1) is 22.6. The van der Waals surface area contributed by atoms with Crippen LogP contribution in [-0.4, -0.2) is 46.6 Å². The maximum Gasteiger partial charge on any atom is 0.289 e. The highest BCUT2D eigenvalue weighted by Gasteiger charge is 2.34. The van der Waals surface area contributed by atoms with E-state index in [1.54, 1.807) is 24.3 Å². The molecule has 242 valence electrons. The van der Waals surface area contributed by atoms with Gasteiger partial charge in [0, 0.05) is 37.3 Å². The van der Waals surface area contributed by atoms with Gasteiger partial charge in [-0.05, 0) is 73.4 Å². The number of rotatable bonds is 10. The van der Waals surface area contributed by atoms with Gasteiger partial charge in [-0.15, -0.1) is 11.8 Å². The number of nitriles is 1. The van der Waals surface area contributed by atoms with Gasteiger partial charge in [0.05, 0.1) is 38.4 Å². The molecule has 2 aliphatic rings. The predicted molar refractivity (Wildman–Crippen MR) is 176 cm³/mol. The van der Waals surface area contributed by atoms with E-state index < -0.39 is 31.6 Å². The zero-order chi connectivity index (χ0) is 33.1. The van der Waals surface area contributed by atoms with Crippen LogP contribution in [0.1, 0.15) is 36.9 Å². The van der Waals surface area contributed by atoms with Gasteiger partial charge < -0.3 is 15.2 Å². The van der Waals surface area contributed by atoms with Gasteiger partial charge in [-0.2, -0.15) is 5.26 Å². The van der Waals surface area contributed by atoms with Gasteiger partial charge in [-0.25, -0.2) is 18.1 Å². The van der Waals surface area contributed by atoms with Crippen LogP contribution in [0.3, 0.4) is 0 Å². The fraction of sp³-hybridized carbons (Fsp3) is 0.312. The molecule has 0 saturated heterocycles. The third kappa shape index (κ3) is 7.20. The molecule has 2 aromatic heterocycles. The summed E-state index contributed by atoms with van der Waals surface area (Å²) in [6.45, 7) is 0.458. The minimum Gasteiger partial charge on any atom is -0.309 e. The number of para-hydroxylation sites is 1. The Morgan fingerprint density at radius 1 is 1.09 bits per heavy atom. The van der Waals surface area contributed by atoms with E-state index in [0.29, 0.717) is 47.4 Å². The number of fused-ring (bicyclic) bond motifs is 2. The largest absolute Gasteiger partial charge is 0.309 e. The molecule has 1 atom stereocenters. The highest BCUT2D eigenvalue weighted by atomic mass is 32.2. The summed E-state index contributed by atoms with van der Waals surface area (Å²) in [5.74, 6) is 0.654. The molecule has 15 heteroatoms. The summed E-state index contributed by atoms with van der Waals surface area (Å²) in [5.41, 5.74) is 0.742. The van der Waals surface area contributed by atoms with Crippen molar-refractivity contribution < 1.29 is 18.1 Å². The van der Waals surface area contributed by atoms with Crippen LogP contribution >= 0.6 is 11.8 Å². The molecule has 3 heterocycles. The van der Waals surface area contributed by atoms with E-state index in [2.05, 4.69) is 26.4 Å². The first kappa shape index (κ1) is 32.3. The van der Waals surface area contributed by atoms with Crippen molar-refractivity contribution in [3.05, 3.63) is 98.5 Å². The second kappa shape index (κ2) is 13.6. The van der Waals surface area contributed by atoms with E-state index in [9.17, 15) is 33.4 Å². The number of nitrogens with one attached hydrogen (secondary N) is 3. The third-order valence-corrected chi connectivity index (χ3v) is 11.2. The van der Waals surface area contributed by atoms with E-state index >= 15 is 0 Å². The minimum absolute atomic E-state index is 0.0313. The van der Waals surface area contributed by atoms with Crippen molar-refractivity contribution in [3.63, 3.8) is 0 Å². The van der Waals surface area contributed by atoms with Crippen LogP contribution in [0.2, 0.25) is 0 Å². The molecular weight excluding hydrogens is 643 g/mol. The number of pyridine rings is 2. The molecular formula is C32H31N7O6S2. The van der Waals surface area contributed by atoms with Crippen molar-refractivity contribution in [1.29, 1.82) is 5.26 Å². The lowest BCUT2D eigenvalue weighted by molar-refractivity contribution is -0.387. The molecule has 4 aromatic rings. The number of carbonyl (C=O) groups excluding carboxylic acids is 1. The van der Waals surface area contributed by atoms with Gasteiger partial charge in [0.25, 0.3) is 11.2 Å². The summed E-state index contributed by atoms with van der Waals surface area (Å²) in [5, 5.41) is 28.2. The van der Waals surface area contributed by atoms with Crippen LogP contribution in [0, 0.1) is 27.4 Å². The molecule has 1 aliphatic carbocycles. The average Bonchev–Trinajstić information content (AvgIpc) is 3.07. The maximum absolute atomic E-state index is 13.7. The molecule has 0 spiro atoms. The molecule has 6 rings (SSSR count). The standard InChI is InChI=1S/C32H31N7O6S2/c33-16-20-5-6-22-9-14-31(41)38(27(22)15-20)18-25(37-47(44,45)29-4-2-1-3-26(29)39(42)43)21-7-10-23(11-8-21)34-17-24-12-13-28-32(35-24)36-30(40)19-46-28/h1-6,9,12-15,21,23,25,34,37H,7-8,10-11,17-19H2,(H,35,36,40). The van der Waals surface area contributed by atoms with Crippen LogP contribution in [0.25, 0.3) is 10.9 Å². The summed E-state index contributed by atoms with van der Waals surface area (Å²) >= 11 is 1.45. The SMILES string of the molecule is N#Cc1ccc2ccc(=O)n(CC(NS(=O)(=O)c3ccccc3[N+](=O)[O-])C3CCC(NCc4ccc5c(n4)NC(=O)CS5)CC3)c2c1. The Balaban J connectivity index is 1.23. The molecule has 2 aromatic carbocycles. The minimum atomic E-state index is -4.37. The third-order valence-electron chi connectivity index (χ3n) is 8.60. The molecule has 1 unspecified atom stereocenters. The number of amides is 1. The first-order valence-electron chi connectivity index (χ1n) is 15.1. The number of anilines is 1. The molecule has 13 nitrogen and oxygen atoms in total. The Morgan fingerprint density at radius 3 is 2.62 bits per heavy atom. The van der Waals surface area contributed by atoms with E-state index in [4.69, 9.17) is 0 Å². The van der Waals surface area contributed by atoms with E-state index in [1.165, 1.54) is 40.6 Å². The predicted octanol–water partition coefficient (Wildman–Crippen LogP) is 3.92. The Hall–Kier alpha value is -4.62. The molecule has 1 fully saturated rings. The normalized spacial score (nSPS) is 18.6. The zero-order valence-electron chi connectivity index (χ0n) is 25.1. The summed E-state index contributed by atoms with van der Waals surface area (Å²) in [6, 6.07) is 18.5. The van der Waals surface area contributed by atoms with E-state index in [1.807, 2.05) is 12.1 Å². The molecule has 1 saturated carbocycles. The quantitative estimate of drug-likeness (QED) is 0.164. The highest BCUT2D eigenvalue weighted by molar-refractivity contribution is 8.00. The number of aromatic nitrogens is 2.